The van der Waals surface area contributed by atoms with Crippen LogP contribution in [-0.4, -0.2) is 41.1 Å². The van der Waals surface area contributed by atoms with Crippen molar-refractivity contribution in [3.63, 3.8) is 0 Å². The molecule has 94 valence electrons. The minimum Gasteiger partial charge on any atom is -0.467 e. The molecule has 1 aromatic heterocycles. The van der Waals surface area contributed by atoms with Crippen molar-refractivity contribution in [1.82, 2.24) is 20.3 Å². The molecule has 17 heavy (non-hydrogen) atoms. The van der Waals surface area contributed by atoms with Gasteiger partial charge in [-0.1, -0.05) is 6.92 Å². The van der Waals surface area contributed by atoms with Crippen LogP contribution in [0.1, 0.15) is 13.3 Å². The lowest BCUT2D eigenvalue weighted by molar-refractivity contribution is -0.119. The Morgan fingerprint density at radius 3 is 2.82 bits per heavy atom. The van der Waals surface area contributed by atoms with Crippen LogP contribution in [0.5, 0.6) is 6.01 Å². The number of hydrogen-bond acceptors (Lipinski definition) is 6. The number of aromatic nitrogens is 3. The Bertz CT molecular complexity index is 388. The van der Waals surface area contributed by atoms with Crippen LogP contribution in [0.3, 0.4) is 0 Å². The molecular formula is C9H14ClN5O2. The zero-order valence-electron chi connectivity index (χ0n) is 9.66. The van der Waals surface area contributed by atoms with Gasteiger partial charge in [-0.3, -0.25) is 4.79 Å². The number of halogens is 1. The Labute approximate surface area is 104 Å². The Balaban J connectivity index is 2.51. The van der Waals surface area contributed by atoms with E-state index in [-0.39, 0.29) is 29.7 Å². The number of carbonyl (C=O) groups excluding carboxylic acids is 1. The van der Waals surface area contributed by atoms with Crippen LogP contribution < -0.4 is 15.4 Å². The Kier molecular flexibility index (Phi) is 5.41. The van der Waals surface area contributed by atoms with Crippen LogP contribution in [0.4, 0.5) is 5.95 Å². The van der Waals surface area contributed by atoms with Gasteiger partial charge in [-0.25, -0.2) is 0 Å². The van der Waals surface area contributed by atoms with E-state index in [0.29, 0.717) is 6.54 Å². The minimum absolute atomic E-state index is 0.00770. The number of hydrogen-bond donors (Lipinski definition) is 2. The predicted octanol–water partition coefficient (Wildman–Crippen LogP) is 0.472. The molecule has 0 unspecified atom stereocenters. The van der Waals surface area contributed by atoms with Crippen LogP contribution >= 0.6 is 11.6 Å². The molecule has 0 saturated heterocycles. The number of ether oxygens (including phenoxy) is 1. The summed E-state index contributed by atoms with van der Waals surface area (Å²) in [6.07, 6.45) is 0.886. The molecule has 1 aromatic rings. The Morgan fingerprint density at radius 2 is 2.18 bits per heavy atom. The molecule has 7 nitrogen and oxygen atoms in total. The van der Waals surface area contributed by atoms with Crippen molar-refractivity contribution in [1.29, 1.82) is 0 Å². The second-order valence-corrected chi connectivity index (χ2v) is 3.46. The van der Waals surface area contributed by atoms with Gasteiger partial charge in [0.1, 0.15) is 0 Å². The summed E-state index contributed by atoms with van der Waals surface area (Å²) in [7, 11) is 1.42. The molecular weight excluding hydrogens is 246 g/mol. The Hall–Kier alpha value is -1.63. The maximum atomic E-state index is 11.3. The maximum absolute atomic E-state index is 11.3. The van der Waals surface area contributed by atoms with E-state index in [0.717, 1.165) is 6.42 Å². The summed E-state index contributed by atoms with van der Waals surface area (Å²) in [6.45, 7) is 2.69. The molecule has 1 heterocycles. The van der Waals surface area contributed by atoms with Crippen molar-refractivity contribution >= 4 is 23.5 Å². The lowest BCUT2D eigenvalue weighted by atomic mass is 10.4. The van der Waals surface area contributed by atoms with Gasteiger partial charge in [-0.2, -0.15) is 15.0 Å². The van der Waals surface area contributed by atoms with Gasteiger partial charge in [0.15, 0.2) is 0 Å². The average Bonchev–Trinajstić information content (AvgIpc) is 2.33. The molecule has 0 bridgehead atoms. The van der Waals surface area contributed by atoms with Crippen LogP contribution in [0.25, 0.3) is 0 Å². The van der Waals surface area contributed by atoms with Crippen molar-refractivity contribution in [3.05, 3.63) is 5.28 Å². The summed E-state index contributed by atoms with van der Waals surface area (Å²) < 4.78 is 4.82. The SMILES string of the molecule is CCCNC(=O)CNc1nc(Cl)nc(OC)n1. The van der Waals surface area contributed by atoms with Gasteiger partial charge in [0.2, 0.25) is 17.1 Å². The molecule has 0 radical (unpaired) electrons. The summed E-state index contributed by atoms with van der Waals surface area (Å²) in [5, 5.41) is 5.45. The third kappa shape index (κ3) is 4.81. The lowest BCUT2D eigenvalue weighted by Crippen LogP contribution is -2.30. The standard InChI is InChI=1S/C9H14ClN5O2/c1-3-4-11-6(16)5-12-8-13-7(10)14-9(15-8)17-2/h3-5H2,1-2H3,(H,11,16)(H,12,13,14,15). The average molecular weight is 260 g/mol. The molecule has 0 aliphatic rings. The van der Waals surface area contributed by atoms with E-state index in [1.54, 1.807) is 0 Å². The number of amides is 1. The van der Waals surface area contributed by atoms with E-state index >= 15 is 0 Å². The lowest BCUT2D eigenvalue weighted by Gasteiger charge is -2.06. The second kappa shape index (κ2) is 6.85. The third-order valence-electron chi connectivity index (χ3n) is 1.75. The fraction of sp³-hybridized carbons (Fsp3) is 0.556. The largest absolute Gasteiger partial charge is 0.467 e. The molecule has 0 saturated carbocycles. The molecule has 0 aliphatic heterocycles. The Morgan fingerprint density at radius 1 is 1.41 bits per heavy atom. The van der Waals surface area contributed by atoms with Gasteiger partial charge in [0.05, 0.1) is 13.7 Å². The van der Waals surface area contributed by atoms with Gasteiger partial charge in [0, 0.05) is 6.54 Å². The topological polar surface area (TPSA) is 89.0 Å². The summed E-state index contributed by atoms with van der Waals surface area (Å²) in [4.78, 5) is 22.7. The number of anilines is 1. The van der Waals surface area contributed by atoms with Crippen molar-refractivity contribution in [2.45, 2.75) is 13.3 Å². The van der Waals surface area contributed by atoms with Gasteiger partial charge < -0.3 is 15.4 Å². The number of carbonyl (C=O) groups is 1. The van der Waals surface area contributed by atoms with Crippen molar-refractivity contribution < 1.29 is 9.53 Å². The highest BCUT2D eigenvalue weighted by Crippen LogP contribution is 2.10. The van der Waals surface area contributed by atoms with Gasteiger partial charge in [-0.05, 0) is 18.0 Å². The fourth-order valence-corrected chi connectivity index (χ4v) is 1.14. The van der Waals surface area contributed by atoms with E-state index in [2.05, 4.69) is 25.6 Å². The first-order valence-electron chi connectivity index (χ1n) is 5.11. The highest BCUT2D eigenvalue weighted by molar-refractivity contribution is 6.28. The summed E-state index contributed by atoms with van der Waals surface area (Å²) in [5.41, 5.74) is 0. The van der Waals surface area contributed by atoms with Crippen molar-refractivity contribution in [2.24, 2.45) is 0 Å². The number of rotatable bonds is 6. The smallest absolute Gasteiger partial charge is 0.322 e. The van der Waals surface area contributed by atoms with E-state index in [1.807, 2.05) is 6.92 Å². The van der Waals surface area contributed by atoms with Gasteiger partial charge in [-0.15, -0.1) is 0 Å². The molecule has 1 rings (SSSR count). The maximum Gasteiger partial charge on any atom is 0.322 e. The quantitative estimate of drug-likeness (QED) is 0.772. The molecule has 8 heteroatoms. The second-order valence-electron chi connectivity index (χ2n) is 3.12. The van der Waals surface area contributed by atoms with Crippen molar-refractivity contribution in [3.8, 4) is 6.01 Å². The molecule has 0 aliphatic carbocycles. The molecule has 2 N–H and O–H groups in total. The van der Waals surface area contributed by atoms with Crippen LogP contribution in [0, 0.1) is 0 Å². The van der Waals surface area contributed by atoms with E-state index in [4.69, 9.17) is 16.3 Å². The number of methoxy groups -OCH3 is 1. The number of nitrogens with one attached hydrogen (secondary N) is 2. The molecule has 1 amide bonds. The summed E-state index contributed by atoms with van der Waals surface area (Å²) >= 11 is 5.64. The first-order chi connectivity index (χ1) is 8.15. The van der Waals surface area contributed by atoms with Gasteiger partial charge in [0.25, 0.3) is 0 Å². The highest BCUT2D eigenvalue weighted by atomic mass is 35.5. The zero-order valence-corrected chi connectivity index (χ0v) is 10.4. The van der Waals surface area contributed by atoms with Crippen LogP contribution in [0.2, 0.25) is 5.28 Å². The minimum atomic E-state index is -0.137. The van der Waals surface area contributed by atoms with Crippen LogP contribution in [0.15, 0.2) is 0 Å². The number of nitrogens with zero attached hydrogens (tertiary/aromatic N) is 3. The van der Waals surface area contributed by atoms with E-state index in [1.165, 1.54) is 7.11 Å². The normalized spacial score (nSPS) is 9.82. The molecule has 0 atom stereocenters. The predicted molar refractivity (Wildman–Crippen MR) is 63.2 cm³/mol. The first-order valence-corrected chi connectivity index (χ1v) is 5.49. The first kappa shape index (κ1) is 13.4. The van der Waals surface area contributed by atoms with Crippen LogP contribution in [-0.2, 0) is 4.79 Å². The summed E-state index contributed by atoms with van der Waals surface area (Å²) in [5.74, 6) is 0.0656. The van der Waals surface area contributed by atoms with Gasteiger partial charge >= 0.3 is 6.01 Å². The highest BCUT2D eigenvalue weighted by Gasteiger charge is 2.06. The van der Waals surface area contributed by atoms with E-state index < -0.39 is 0 Å². The van der Waals surface area contributed by atoms with Crippen molar-refractivity contribution in [2.75, 3.05) is 25.5 Å². The third-order valence-corrected chi connectivity index (χ3v) is 1.92. The molecule has 0 aromatic carbocycles. The monoisotopic (exact) mass is 259 g/mol. The fourth-order valence-electron chi connectivity index (χ4n) is 0.989. The zero-order chi connectivity index (χ0) is 12.7. The molecule has 0 fully saturated rings. The van der Waals surface area contributed by atoms with E-state index in [9.17, 15) is 4.79 Å². The molecule has 0 spiro atoms. The summed E-state index contributed by atoms with van der Waals surface area (Å²) in [6, 6.07) is 0.0986.